The van der Waals surface area contributed by atoms with Crippen molar-refractivity contribution >= 4 is 37.8 Å². The van der Waals surface area contributed by atoms with Crippen molar-refractivity contribution in [3.63, 3.8) is 0 Å². The molecule has 0 aromatic heterocycles. The summed E-state index contributed by atoms with van der Waals surface area (Å²) in [5, 5.41) is 0. The lowest BCUT2D eigenvalue weighted by molar-refractivity contribution is -0.139. The van der Waals surface area contributed by atoms with Gasteiger partial charge in [0.1, 0.15) is 10.6 Å². The van der Waals surface area contributed by atoms with Gasteiger partial charge in [-0.1, -0.05) is 31.9 Å². The summed E-state index contributed by atoms with van der Waals surface area (Å²) in [7, 11) is 1.30. The van der Waals surface area contributed by atoms with Crippen LogP contribution < -0.4 is 0 Å². The molecule has 0 saturated heterocycles. The third kappa shape index (κ3) is 3.57. The highest BCUT2D eigenvalue weighted by Crippen LogP contribution is 2.19. The van der Waals surface area contributed by atoms with Gasteiger partial charge in [-0.3, -0.25) is 4.79 Å². The highest BCUT2D eigenvalue weighted by atomic mass is 79.9. The first-order valence-electron chi connectivity index (χ1n) is 4.20. The van der Waals surface area contributed by atoms with Gasteiger partial charge in [0.15, 0.2) is 0 Å². The molecule has 5 heteroatoms. The predicted octanol–water partition coefficient (Wildman–Crippen LogP) is 3.07. The van der Waals surface area contributed by atoms with Crippen LogP contribution in [0.1, 0.15) is 5.56 Å². The van der Waals surface area contributed by atoms with Crippen molar-refractivity contribution in [2.45, 2.75) is 11.2 Å². The largest absolute Gasteiger partial charge is 0.468 e. The average molecular weight is 340 g/mol. The Morgan fingerprint density at radius 2 is 2.27 bits per heavy atom. The van der Waals surface area contributed by atoms with Crippen LogP contribution in [-0.2, 0) is 16.0 Å². The Hall–Kier alpha value is -0.420. The first-order valence-corrected chi connectivity index (χ1v) is 5.91. The number of carbonyl (C=O) groups is 1. The van der Waals surface area contributed by atoms with Gasteiger partial charge < -0.3 is 4.74 Å². The third-order valence-electron chi connectivity index (χ3n) is 1.86. The van der Waals surface area contributed by atoms with Crippen LogP contribution in [0.4, 0.5) is 4.39 Å². The fourth-order valence-corrected chi connectivity index (χ4v) is 2.05. The smallest absolute Gasteiger partial charge is 0.319 e. The monoisotopic (exact) mass is 338 g/mol. The van der Waals surface area contributed by atoms with Gasteiger partial charge >= 0.3 is 5.97 Å². The molecule has 0 aliphatic heterocycles. The lowest BCUT2D eigenvalue weighted by Crippen LogP contribution is -2.18. The quantitative estimate of drug-likeness (QED) is 0.625. The van der Waals surface area contributed by atoms with Crippen LogP contribution in [0.5, 0.6) is 0 Å². The van der Waals surface area contributed by atoms with E-state index in [1.807, 2.05) is 0 Å². The van der Waals surface area contributed by atoms with Gasteiger partial charge in [0.05, 0.1) is 7.11 Å². The Labute approximate surface area is 104 Å². The number of alkyl halides is 1. The van der Waals surface area contributed by atoms with Crippen LogP contribution in [0.25, 0.3) is 0 Å². The molecule has 1 unspecified atom stereocenters. The molecular formula is C10H9Br2FO2. The fraction of sp³-hybridized carbons (Fsp3) is 0.300. The fourth-order valence-electron chi connectivity index (χ4n) is 1.10. The number of carbonyl (C=O) groups excluding carboxylic acids is 1. The maximum absolute atomic E-state index is 13.3. The van der Waals surface area contributed by atoms with Crippen LogP contribution in [0.2, 0.25) is 0 Å². The maximum atomic E-state index is 13.3. The molecule has 0 radical (unpaired) electrons. The molecule has 15 heavy (non-hydrogen) atoms. The number of hydrogen-bond acceptors (Lipinski definition) is 2. The normalized spacial score (nSPS) is 12.3. The molecule has 1 aromatic rings. The molecule has 0 amide bonds. The number of methoxy groups -OCH3 is 1. The van der Waals surface area contributed by atoms with Gasteiger partial charge in [-0.25, -0.2) is 4.39 Å². The van der Waals surface area contributed by atoms with Crippen molar-refractivity contribution in [3.8, 4) is 0 Å². The van der Waals surface area contributed by atoms with Crippen LogP contribution in [0.15, 0.2) is 22.7 Å². The lowest BCUT2D eigenvalue weighted by atomic mass is 10.1. The number of hydrogen-bond donors (Lipinski definition) is 0. The first kappa shape index (κ1) is 12.6. The third-order valence-corrected chi connectivity index (χ3v) is 3.05. The molecular weight excluding hydrogens is 331 g/mol. The second-order valence-electron chi connectivity index (χ2n) is 2.93. The van der Waals surface area contributed by atoms with E-state index in [1.165, 1.54) is 13.2 Å². The molecule has 1 aromatic carbocycles. The Morgan fingerprint density at radius 1 is 1.60 bits per heavy atom. The highest BCUT2D eigenvalue weighted by molar-refractivity contribution is 9.10. The Kier molecular flexibility index (Phi) is 4.73. The van der Waals surface area contributed by atoms with Gasteiger partial charge in [0.25, 0.3) is 0 Å². The van der Waals surface area contributed by atoms with E-state index >= 15 is 0 Å². The topological polar surface area (TPSA) is 26.3 Å². The summed E-state index contributed by atoms with van der Waals surface area (Å²) < 4.78 is 18.6. The zero-order chi connectivity index (χ0) is 11.4. The molecule has 2 nitrogen and oxygen atoms in total. The second kappa shape index (κ2) is 5.61. The van der Waals surface area contributed by atoms with E-state index in [1.54, 1.807) is 12.1 Å². The maximum Gasteiger partial charge on any atom is 0.319 e. The standard InChI is InChI=1S/C10H9Br2FO2/c1-15-10(14)8(12)5-6-4-7(11)2-3-9(6)13/h2-4,8H,5H2,1H3. The zero-order valence-corrected chi connectivity index (χ0v) is 11.1. The van der Waals surface area contributed by atoms with E-state index in [2.05, 4.69) is 36.6 Å². The lowest BCUT2D eigenvalue weighted by Gasteiger charge is -2.08. The molecule has 0 N–H and O–H groups in total. The summed E-state index contributed by atoms with van der Waals surface area (Å²) in [4.78, 5) is 10.6. The van der Waals surface area contributed by atoms with Crippen LogP contribution in [0.3, 0.4) is 0 Å². The molecule has 0 aliphatic carbocycles. The summed E-state index contributed by atoms with van der Waals surface area (Å²) in [6.07, 6.45) is 0.262. The Bertz CT molecular complexity index is 368. The van der Waals surface area contributed by atoms with Crippen molar-refractivity contribution in [1.29, 1.82) is 0 Å². The van der Waals surface area contributed by atoms with Crippen molar-refractivity contribution in [2.75, 3.05) is 7.11 Å². The van der Waals surface area contributed by atoms with E-state index in [9.17, 15) is 9.18 Å². The number of esters is 1. The van der Waals surface area contributed by atoms with Crippen LogP contribution in [0, 0.1) is 5.82 Å². The van der Waals surface area contributed by atoms with Gasteiger partial charge in [0, 0.05) is 4.47 Å². The van der Waals surface area contributed by atoms with Gasteiger partial charge in [-0.15, -0.1) is 0 Å². The van der Waals surface area contributed by atoms with Crippen molar-refractivity contribution in [1.82, 2.24) is 0 Å². The number of rotatable bonds is 3. The van der Waals surface area contributed by atoms with Crippen LogP contribution >= 0.6 is 31.9 Å². The highest BCUT2D eigenvalue weighted by Gasteiger charge is 2.17. The number of benzene rings is 1. The Balaban J connectivity index is 2.80. The zero-order valence-electron chi connectivity index (χ0n) is 7.97. The molecule has 0 bridgehead atoms. The molecule has 0 aliphatic rings. The second-order valence-corrected chi connectivity index (χ2v) is 4.95. The minimum Gasteiger partial charge on any atom is -0.468 e. The van der Waals surface area contributed by atoms with E-state index in [4.69, 9.17) is 0 Å². The molecule has 1 rings (SSSR count). The SMILES string of the molecule is COC(=O)C(Br)Cc1cc(Br)ccc1F. The van der Waals surface area contributed by atoms with Gasteiger partial charge in [0.2, 0.25) is 0 Å². The molecule has 82 valence electrons. The summed E-state index contributed by atoms with van der Waals surface area (Å²) in [6, 6.07) is 4.61. The van der Waals surface area contributed by atoms with E-state index < -0.39 is 10.8 Å². The predicted molar refractivity (Wildman–Crippen MR) is 62.5 cm³/mol. The molecule has 0 fully saturated rings. The number of ether oxygens (including phenoxy) is 1. The molecule has 0 spiro atoms. The molecule has 0 saturated carbocycles. The van der Waals surface area contributed by atoms with Crippen LogP contribution in [-0.4, -0.2) is 17.9 Å². The average Bonchev–Trinajstić information content (AvgIpc) is 2.22. The van der Waals surface area contributed by atoms with Crippen molar-refractivity contribution in [3.05, 3.63) is 34.1 Å². The minimum atomic E-state index is -0.522. The minimum absolute atomic E-state index is 0.262. The van der Waals surface area contributed by atoms with E-state index in [0.29, 0.717) is 5.56 Å². The van der Waals surface area contributed by atoms with Crippen molar-refractivity contribution < 1.29 is 13.9 Å². The summed E-state index contributed by atoms with van der Waals surface area (Å²) in [6.45, 7) is 0. The summed E-state index contributed by atoms with van der Waals surface area (Å²) in [5.41, 5.74) is 0.469. The summed E-state index contributed by atoms with van der Waals surface area (Å²) >= 11 is 6.38. The first-order chi connectivity index (χ1) is 7.04. The molecule has 1 atom stereocenters. The molecule has 0 heterocycles. The van der Waals surface area contributed by atoms with Crippen molar-refractivity contribution in [2.24, 2.45) is 0 Å². The number of halogens is 3. The van der Waals surface area contributed by atoms with E-state index in [-0.39, 0.29) is 12.2 Å². The summed E-state index contributed by atoms with van der Waals surface area (Å²) in [5.74, 6) is -0.735. The van der Waals surface area contributed by atoms with E-state index in [0.717, 1.165) is 4.47 Å². The van der Waals surface area contributed by atoms with Gasteiger partial charge in [-0.05, 0) is 30.2 Å². The van der Waals surface area contributed by atoms with Gasteiger partial charge in [-0.2, -0.15) is 0 Å². The Morgan fingerprint density at radius 3 is 2.87 bits per heavy atom.